The third kappa shape index (κ3) is 4.91. The Balaban J connectivity index is 2.68. The normalized spacial score (nSPS) is 11.7. The van der Waals surface area contributed by atoms with Crippen LogP contribution in [-0.4, -0.2) is 38.0 Å². The van der Waals surface area contributed by atoms with Crippen molar-refractivity contribution in [3.63, 3.8) is 0 Å². The number of nitrogens with zero attached hydrogens (tertiary/aromatic N) is 1. The van der Waals surface area contributed by atoms with Crippen molar-refractivity contribution < 1.29 is 9.18 Å². The molecule has 5 heteroatoms. The highest BCUT2D eigenvalue weighted by Crippen LogP contribution is 2.19. The number of hydrogen-bond acceptors (Lipinski definition) is 2. The van der Waals surface area contributed by atoms with Crippen LogP contribution in [0.4, 0.5) is 4.39 Å². The van der Waals surface area contributed by atoms with Crippen LogP contribution in [-0.2, 0) is 0 Å². The van der Waals surface area contributed by atoms with Gasteiger partial charge in [0.2, 0.25) is 0 Å². The summed E-state index contributed by atoms with van der Waals surface area (Å²) >= 11 is 3.08. The van der Waals surface area contributed by atoms with E-state index in [0.717, 1.165) is 6.54 Å². The van der Waals surface area contributed by atoms with E-state index in [1.807, 2.05) is 14.1 Å². The van der Waals surface area contributed by atoms with Crippen molar-refractivity contribution >= 4 is 21.8 Å². The monoisotopic (exact) mass is 330 g/mol. The first-order valence-corrected chi connectivity index (χ1v) is 6.89. The molecule has 106 valence electrons. The molecule has 19 heavy (non-hydrogen) atoms. The van der Waals surface area contributed by atoms with Crippen LogP contribution in [0.3, 0.4) is 0 Å². The Morgan fingerprint density at radius 2 is 2.05 bits per heavy atom. The van der Waals surface area contributed by atoms with Gasteiger partial charge in [0.1, 0.15) is 5.82 Å². The van der Waals surface area contributed by atoms with E-state index in [1.165, 1.54) is 6.07 Å². The Morgan fingerprint density at radius 1 is 1.42 bits per heavy atom. The first kappa shape index (κ1) is 16.1. The molecule has 0 atom stereocenters. The fraction of sp³-hybridized carbons (Fsp3) is 0.500. The average molecular weight is 331 g/mol. The zero-order valence-corrected chi connectivity index (χ0v) is 13.3. The number of amides is 1. The minimum atomic E-state index is -0.523. The van der Waals surface area contributed by atoms with Crippen LogP contribution in [0.1, 0.15) is 24.2 Å². The minimum absolute atomic E-state index is 0.0648. The van der Waals surface area contributed by atoms with E-state index >= 15 is 0 Å². The van der Waals surface area contributed by atoms with Gasteiger partial charge < -0.3 is 10.2 Å². The third-order valence-corrected chi connectivity index (χ3v) is 3.28. The van der Waals surface area contributed by atoms with Gasteiger partial charge in [-0.05, 0) is 47.6 Å². The highest BCUT2D eigenvalue weighted by atomic mass is 79.9. The Morgan fingerprint density at radius 3 is 2.63 bits per heavy atom. The molecule has 1 aromatic rings. The van der Waals surface area contributed by atoms with Crippen LogP contribution < -0.4 is 5.32 Å². The second-order valence-electron chi connectivity index (χ2n) is 5.69. The second kappa shape index (κ2) is 6.48. The van der Waals surface area contributed by atoms with Crippen molar-refractivity contribution in [2.45, 2.75) is 13.8 Å². The van der Waals surface area contributed by atoms with Gasteiger partial charge in [0.15, 0.2) is 0 Å². The van der Waals surface area contributed by atoms with Gasteiger partial charge in [-0.3, -0.25) is 4.79 Å². The average Bonchev–Trinajstić information content (AvgIpc) is 2.28. The number of halogens is 2. The summed E-state index contributed by atoms with van der Waals surface area (Å²) in [6.07, 6.45) is 0. The molecule has 0 aliphatic rings. The van der Waals surface area contributed by atoms with E-state index in [-0.39, 0.29) is 16.9 Å². The number of nitrogens with one attached hydrogen (secondary N) is 1. The Bertz CT molecular complexity index is 461. The van der Waals surface area contributed by atoms with Crippen molar-refractivity contribution in [2.24, 2.45) is 5.41 Å². The summed E-state index contributed by atoms with van der Waals surface area (Å²) in [4.78, 5) is 14.0. The zero-order valence-electron chi connectivity index (χ0n) is 11.8. The lowest BCUT2D eigenvalue weighted by Crippen LogP contribution is -2.40. The fourth-order valence-corrected chi connectivity index (χ4v) is 2.37. The van der Waals surface area contributed by atoms with Gasteiger partial charge in [-0.1, -0.05) is 19.9 Å². The van der Waals surface area contributed by atoms with Gasteiger partial charge in [0.25, 0.3) is 5.91 Å². The maximum absolute atomic E-state index is 13.8. The van der Waals surface area contributed by atoms with Crippen molar-refractivity contribution in [3.05, 3.63) is 34.1 Å². The lowest BCUT2D eigenvalue weighted by atomic mass is 9.93. The van der Waals surface area contributed by atoms with Gasteiger partial charge in [-0.25, -0.2) is 4.39 Å². The van der Waals surface area contributed by atoms with Crippen molar-refractivity contribution in [1.29, 1.82) is 0 Å². The molecule has 0 saturated carbocycles. The molecule has 0 saturated heterocycles. The highest BCUT2D eigenvalue weighted by molar-refractivity contribution is 9.10. The van der Waals surface area contributed by atoms with Crippen LogP contribution in [0.25, 0.3) is 0 Å². The maximum Gasteiger partial charge on any atom is 0.254 e. The third-order valence-electron chi connectivity index (χ3n) is 2.67. The quantitative estimate of drug-likeness (QED) is 0.900. The number of benzene rings is 1. The van der Waals surface area contributed by atoms with E-state index in [1.54, 1.807) is 12.1 Å². The van der Waals surface area contributed by atoms with Gasteiger partial charge in [0, 0.05) is 13.1 Å². The fourth-order valence-electron chi connectivity index (χ4n) is 2.01. The van der Waals surface area contributed by atoms with Crippen molar-refractivity contribution in [2.75, 3.05) is 27.2 Å². The molecule has 0 radical (unpaired) electrons. The van der Waals surface area contributed by atoms with Crippen molar-refractivity contribution in [1.82, 2.24) is 10.2 Å². The smallest absolute Gasteiger partial charge is 0.254 e. The van der Waals surface area contributed by atoms with Crippen LogP contribution in [0.2, 0.25) is 0 Å². The molecule has 1 aromatic carbocycles. The van der Waals surface area contributed by atoms with E-state index in [9.17, 15) is 9.18 Å². The van der Waals surface area contributed by atoms with E-state index in [0.29, 0.717) is 11.0 Å². The summed E-state index contributed by atoms with van der Waals surface area (Å²) in [6.45, 7) is 5.46. The largest absolute Gasteiger partial charge is 0.351 e. The van der Waals surface area contributed by atoms with Gasteiger partial charge in [0.05, 0.1) is 10.0 Å². The molecule has 0 aliphatic heterocycles. The Kier molecular flexibility index (Phi) is 5.50. The number of hydrogen-bond donors (Lipinski definition) is 1. The van der Waals surface area contributed by atoms with Crippen LogP contribution in [0.5, 0.6) is 0 Å². The Hall–Kier alpha value is -0.940. The number of rotatable bonds is 5. The second-order valence-corrected chi connectivity index (χ2v) is 6.54. The van der Waals surface area contributed by atoms with Gasteiger partial charge in [-0.2, -0.15) is 0 Å². The molecule has 0 aliphatic carbocycles. The number of carbonyl (C=O) groups excluding carboxylic acids is 1. The molecule has 0 fully saturated rings. The molecule has 1 rings (SSSR count). The highest BCUT2D eigenvalue weighted by Gasteiger charge is 2.21. The molecule has 1 amide bonds. The molecule has 1 N–H and O–H groups in total. The molecule has 0 heterocycles. The molecule has 0 aromatic heterocycles. The topological polar surface area (TPSA) is 32.3 Å². The number of carbonyl (C=O) groups is 1. The minimum Gasteiger partial charge on any atom is -0.351 e. The summed E-state index contributed by atoms with van der Waals surface area (Å²) in [6, 6.07) is 4.70. The summed E-state index contributed by atoms with van der Waals surface area (Å²) in [7, 11) is 3.97. The van der Waals surface area contributed by atoms with Crippen molar-refractivity contribution in [3.8, 4) is 0 Å². The van der Waals surface area contributed by atoms with E-state index < -0.39 is 5.82 Å². The summed E-state index contributed by atoms with van der Waals surface area (Å²) in [5.41, 5.74) is -0.00297. The maximum atomic E-state index is 13.8. The van der Waals surface area contributed by atoms with E-state index in [4.69, 9.17) is 0 Å². The molecular weight excluding hydrogens is 311 g/mol. The first-order valence-electron chi connectivity index (χ1n) is 6.10. The first-order chi connectivity index (χ1) is 8.73. The lowest BCUT2D eigenvalue weighted by Gasteiger charge is -2.28. The molecule has 3 nitrogen and oxygen atoms in total. The van der Waals surface area contributed by atoms with Gasteiger partial charge >= 0.3 is 0 Å². The Labute approximate surface area is 122 Å². The van der Waals surface area contributed by atoms with Crippen LogP contribution in [0.15, 0.2) is 22.7 Å². The van der Waals surface area contributed by atoms with E-state index in [2.05, 4.69) is 40.0 Å². The SMILES string of the molecule is CN(C)CC(C)(C)CNC(=O)c1cccc(Br)c1F. The predicted molar refractivity (Wildman–Crippen MR) is 78.8 cm³/mol. The molecular formula is C14H20BrFN2O. The predicted octanol–water partition coefficient (Wildman–Crippen LogP) is 2.91. The summed E-state index contributed by atoms with van der Waals surface area (Å²) < 4.78 is 14.1. The molecule has 0 bridgehead atoms. The standard InChI is InChI=1S/C14H20BrFN2O/c1-14(2,9-18(3)4)8-17-13(19)10-6-5-7-11(15)12(10)16/h5-7H,8-9H2,1-4H3,(H,17,19). The summed E-state index contributed by atoms with van der Waals surface area (Å²) in [5.74, 6) is -0.906. The zero-order chi connectivity index (χ0) is 14.6. The van der Waals surface area contributed by atoms with Crippen LogP contribution in [0, 0.1) is 11.2 Å². The van der Waals surface area contributed by atoms with Crippen LogP contribution >= 0.6 is 15.9 Å². The van der Waals surface area contributed by atoms with Gasteiger partial charge in [-0.15, -0.1) is 0 Å². The molecule has 0 spiro atoms. The molecule has 0 unspecified atom stereocenters. The summed E-state index contributed by atoms with van der Waals surface area (Å²) in [5, 5.41) is 2.79. The lowest BCUT2D eigenvalue weighted by molar-refractivity contribution is 0.0925.